The maximum Gasteiger partial charge on any atom is 0.414 e. The van der Waals surface area contributed by atoms with E-state index in [1.54, 1.807) is 0 Å². The molecule has 1 aliphatic heterocycles. The van der Waals surface area contributed by atoms with Gasteiger partial charge in [0.05, 0.1) is 0 Å². The number of alkyl halides is 3. The standard InChI is InChI=1S/C11H20F3NO/c1-10(2,3)15-6-4-8(5-7-15)9(16)11(12,13)14/h8-9,16H,4-7H2,1-3H3. The normalized spacial score (nSPS) is 23.4. The van der Waals surface area contributed by atoms with Crippen LogP contribution in [-0.2, 0) is 0 Å². The predicted molar refractivity (Wildman–Crippen MR) is 56.1 cm³/mol. The van der Waals surface area contributed by atoms with Crippen LogP contribution in [0.25, 0.3) is 0 Å². The monoisotopic (exact) mass is 239 g/mol. The molecule has 1 N–H and O–H groups in total. The van der Waals surface area contributed by atoms with Crippen molar-refractivity contribution >= 4 is 0 Å². The molecule has 1 rings (SSSR count). The number of aliphatic hydroxyl groups is 1. The number of rotatable bonds is 1. The maximum absolute atomic E-state index is 12.3. The van der Waals surface area contributed by atoms with Crippen LogP contribution >= 0.6 is 0 Å². The van der Waals surface area contributed by atoms with Crippen LogP contribution in [0, 0.1) is 5.92 Å². The molecule has 2 nitrogen and oxygen atoms in total. The minimum atomic E-state index is -4.48. The molecule has 0 aromatic heterocycles. The van der Waals surface area contributed by atoms with E-state index in [0.717, 1.165) is 0 Å². The van der Waals surface area contributed by atoms with Crippen molar-refractivity contribution in [2.75, 3.05) is 13.1 Å². The number of hydrogen-bond donors (Lipinski definition) is 1. The van der Waals surface area contributed by atoms with Crippen LogP contribution in [0.15, 0.2) is 0 Å². The van der Waals surface area contributed by atoms with Gasteiger partial charge in [0, 0.05) is 5.54 Å². The summed E-state index contributed by atoms with van der Waals surface area (Å²) in [6.45, 7) is 7.40. The third-order valence-electron chi connectivity index (χ3n) is 3.27. The third kappa shape index (κ3) is 3.35. The summed E-state index contributed by atoms with van der Waals surface area (Å²) in [5, 5.41) is 9.16. The van der Waals surface area contributed by atoms with Gasteiger partial charge in [-0.1, -0.05) is 0 Å². The molecule has 5 heteroatoms. The number of halogens is 3. The van der Waals surface area contributed by atoms with Crippen molar-refractivity contribution < 1.29 is 18.3 Å². The first-order chi connectivity index (χ1) is 7.12. The molecule has 0 aliphatic carbocycles. The van der Waals surface area contributed by atoms with Crippen molar-refractivity contribution in [2.45, 2.75) is 51.4 Å². The van der Waals surface area contributed by atoms with E-state index in [1.807, 2.05) is 20.8 Å². The minimum Gasteiger partial charge on any atom is -0.383 e. The Morgan fingerprint density at radius 1 is 1.12 bits per heavy atom. The number of likely N-dealkylation sites (tertiary alicyclic amines) is 1. The van der Waals surface area contributed by atoms with E-state index in [0.29, 0.717) is 25.9 Å². The fourth-order valence-corrected chi connectivity index (χ4v) is 2.15. The Morgan fingerprint density at radius 3 is 1.88 bits per heavy atom. The summed E-state index contributed by atoms with van der Waals surface area (Å²) in [7, 11) is 0. The quantitative estimate of drug-likeness (QED) is 0.759. The first-order valence-electron chi connectivity index (χ1n) is 5.62. The van der Waals surface area contributed by atoms with Gasteiger partial charge >= 0.3 is 6.18 Å². The van der Waals surface area contributed by atoms with Gasteiger partial charge in [0.15, 0.2) is 6.10 Å². The molecule has 96 valence electrons. The minimum absolute atomic E-state index is 0.00580. The van der Waals surface area contributed by atoms with Crippen LogP contribution < -0.4 is 0 Å². The van der Waals surface area contributed by atoms with Gasteiger partial charge in [0.25, 0.3) is 0 Å². The summed E-state index contributed by atoms with van der Waals surface area (Å²) < 4.78 is 36.9. The zero-order chi connectivity index (χ0) is 12.6. The zero-order valence-corrected chi connectivity index (χ0v) is 10.0. The second kappa shape index (κ2) is 4.53. The number of aliphatic hydroxyl groups excluding tert-OH is 1. The molecule has 1 aliphatic rings. The third-order valence-corrected chi connectivity index (χ3v) is 3.27. The van der Waals surface area contributed by atoms with Crippen LogP contribution in [0.3, 0.4) is 0 Å². The number of piperidine rings is 1. The lowest BCUT2D eigenvalue weighted by Crippen LogP contribution is -2.49. The molecule has 0 spiro atoms. The van der Waals surface area contributed by atoms with Gasteiger partial charge in [-0.15, -0.1) is 0 Å². The van der Waals surface area contributed by atoms with Gasteiger partial charge in [0.1, 0.15) is 0 Å². The second-order valence-corrected chi connectivity index (χ2v) is 5.48. The first kappa shape index (κ1) is 13.8. The topological polar surface area (TPSA) is 23.5 Å². The van der Waals surface area contributed by atoms with Crippen LogP contribution in [0.4, 0.5) is 13.2 Å². The fourth-order valence-electron chi connectivity index (χ4n) is 2.15. The van der Waals surface area contributed by atoms with E-state index >= 15 is 0 Å². The molecule has 0 bridgehead atoms. The smallest absolute Gasteiger partial charge is 0.383 e. The Balaban J connectivity index is 2.50. The zero-order valence-electron chi connectivity index (χ0n) is 10.0. The van der Waals surface area contributed by atoms with Crippen molar-refractivity contribution in [3.8, 4) is 0 Å². The molecule has 0 aromatic rings. The molecule has 1 unspecified atom stereocenters. The highest BCUT2D eigenvalue weighted by atomic mass is 19.4. The van der Waals surface area contributed by atoms with Crippen molar-refractivity contribution in [1.29, 1.82) is 0 Å². The van der Waals surface area contributed by atoms with Gasteiger partial charge in [-0.2, -0.15) is 13.2 Å². The molecule has 16 heavy (non-hydrogen) atoms. The Hall–Kier alpha value is -0.290. The van der Waals surface area contributed by atoms with E-state index in [9.17, 15) is 13.2 Å². The molecule has 0 radical (unpaired) electrons. The summed E-state index contributed by atoms with van der Waals surface area (Å²) in [6, 6.07) is 0. The average molecular weight is 239 g/mol. The van der Waals surface area contributed by atoms with Gasteiger partial charge in [-0.25, -0.2) is 0 Å². The molecule has 1 atom stereocenters. The van der Waals surface area contributed by atoms with E-state index in [-0.39, 0.29) is 5.54 Å². The summed E-state index contributed by atoms with van der Waals surface area (Å²) in [5.41, 5.74) is -0.00580. The van der Waals surface area contributed by atoms with Gasteiger partial charge in [-0.05, 0) is 52.6 Å². The summed E-state index contributed by atoms with van der Waals surface area (Å²) in [5.74, 6) is -0.640. The lowest BCUT2D eigenvalue weighted by Gasteiger charge is -2.42. The van der Waals surface area contributed by atoms with Gasteiger partial charge < -0.3 is 5.11 Å². The summed E-state index contributed by atoms with van der Waals surface area (Å²) >= 11 is 0. The van der Waals surface area contributed by atoms with E-state index < -0.39 is 18.2 Å². The van der Waals surface area contributed by atoms with E-state index in [1.165, 1.54) is 0 Å². The molecule has 1 saturated heterocycles. The fraction of sp³-hybridized carbons (Fsp3) is 1.00. The SMILES string of the molecule is CC(C)(C)N1CCC(C(O)C(F)(F)F)CC1. The molecule has 1 heterocycles. The number of nitrogens with zero attached hydrogens (tertiary/aromatic N) is 1. The molecular weight excluding hydrogens is 219 g/mol. The van der Waals surface area contributed by atoms with Gasteiger partial charge in [0.2, 0.25) is 0 Å². The summed E-state index contributed by atoms with van der Waals surface area (Å²) in [4.78, 5) is 2.16. The second-order valence-electron chi connectivity index (χ2n) is 5.48. The lowest BCUT2D eigenvalue weighted by molar-refractivity contribution is -0.223. The van der Waals surface area contributed by atoms with E-state index in [2.05, 4.69) is 4.90 Å². The highest BCUT2D eigenvalue weighted by molar-refractivity contribution is 4.86. The molecule has 1 fully saturated rings. The molecule has 0 saturated carbocycles. The highest BCUT2D eigenvalue weighted by Crippen LogP contribution is 2.33. The van der Waals surface area contributed by atoms with E-state index in [4.69, 9.17) is 5.11 Å². The Bertz CT molecular complexity index is 226. The number of hydrogen-bond acceptors (Lipinski definition) is 2. The Morgan fingerprint density at radius 2 is 1.56 bits per heavy atom. The Kier molecular flexibility index (Phi) is 3.90. The van der Waals surface area contributed by atoms with Crippen molar-refractivity contribution in [2.24, 2.45) is 5.92 Å². The van der Waals surface area contributed by atoms with Crippen molar-refractivity contribution in [1.82, 2.24) is 4.90 Å². The maximum atomic E-state index is 12.3. The van der Waals surface area contributed by atoms with Crippen molar-refractivity contribution in [3.63, 3.8) is 0 Å². The van der Waals surface area contributed by atoms with Crippen molar-refractivity contribution in [3.05, 3.63) is 0 Å². The van der Waals surface area contributed by atoms with Crippen LogP contribution in [-0.4, -0.2) is 40.9 Å². The molecular formula is C11H20F3NO. The first-order valence-corrected chi connectivity index (χ1v) is 5.62. The van der Waals surface area contributed by atoms with Crippen LogP contribution in [0.1, 0.15) is 33.6 Å². The predicted octanol–water partition coefficient (Wildman–Crippen LogP) is 2.42. The van der Waals surface area contributed by atoms with Crippen LogP contribution in [0.5, 0.6) is 0 Å². The highest BCUT2D eigenvalue weighted by Gasteiger charge is 2.44. The molecule has 0 amide bonds. The summed E-state index contributed by atoms with van der Waals surface area (Å²) in [6.07, 6.45) is -5.81. The Labute approximate surface area is 94.4 Å². The average Bonchev–Trinajstić information content (AvgIpc) is 2.14. The largest absolute Gasteiger partial charge is 0.414 e. The van der Waals surface area contributed by atoms with Gasteiger partial charge in [-0.3, -0.25) is 4.90 Å². The molecule has 0 aromatic carbocycles. The lowest BCUT2D eigenvalue weighted by atomic mass is 9.88. The van der Waals surface area contributed by atoms with Crippen LogP contribution in [0.2, 0.25) is 0 Å².